The van der Waals surface area contributed by atoms with Gasteiger partial charge in [-0.25, -0.2) is 0 Å². The van der Waals surface area contributed by atoms with Crippen LogP contribution < -0.4 is 26.0 Å². The predicted octanol–water partition coefficient (Wildman–Crippen LogP) is 5.81. The molecule has 66 heavy (non-hydrogen) atoms. The zero-order valence-electron chi connectivity index (χ0n) is 38.8. The molecule has 5 N–H and O–H groups in total. The molecule has 1 aliphatic heterocycles. The number of ether oxygens (including phenoxy) is 2. The third-order valence-corrected chi connectivity index (χ3v) is 12.8. The summed E-state index contributed by atoms with van der Waals surface area (Å²) in [5.74, 6) is -0.860. The number of unbranched alkanes of at least 4 members (excludes halogenated alkanes) is 2. The van der Waals surface area contributed by atoms with E-state index in [1.807, 2.05) is 57.2 Å². The number of amides is 4. The van der Waals surface area contributed by atoms with Gasteiger partial charge in [0.2, 0.25) is 17.7 Å². The Morgan fingerprint density at radius 1 is 0.955 bits per heavy atom. The maximum absolute atomic E-state index is 13.9. The molecular formula is C49H62ClN9O7. The highest BCUT2D eigenvalue weighted by Gasteiger charge is 2.64. The molecular weight excluding hydrogens is 862 g/mol. The Kier molecular flexibility index (Phi) is 15.8. The van der Waals surface area contributed by atoms with E-state index in [1.165, 1.54) is 9.70 Å². The third-order valence-electron chi connectivity index (χ3n) is 12.4. The summed E-state index contributed by atoms with van der Waals surface area (Å²) in [5.41, 5.74) is 1.99. The van der Waals surface area contributed by atoms with Gasteiger partial charge in [0.1, 0.15) is 36.6 Å². The van der Waals surface area contributed by atoms with Crippen LogP contribution in [0.1, 0.15) is 95.6 Å². The lowest BCUT2D eigenvalue weighted by Gasteiger charge is -2.63. The van der Waals surface area contributed by atoms with Gasteiger partial charge in [-0.2, -0.15) is 20.3 Å². The van der Waals surface area contributed by atoms with Gasteiger partial charge >= 0.3 is 0 Å². The van der Waals surface area contributed by atoms with E-state index < -0.39 is 35.4 Å². The van der Waals surface area contributed by atoms with Gasteiger partial charge in [0.15, 0.2) is 0 Å². The Morgan fingerprint density at radius 2 is 1.64 bits per heavy atom. The van der Waals surface area contributed by atoms with Crippen LogP contribution in [0, 0.1) is 27.6 Å². The summed E-state index contributed by atoms with van der Waals surface area (Å²) in [6, 6.07) is 19.8. The number of nitriles is 1. The number of nitrogens with one attached hydrogen (secondary N) is 4. The highest BCUT2D eigenvalue weighted by atomic mass is 35.5. The van der Waals surface area contributed by atoms with Crippen molar-refractivity contribution in [3.8, 4) is 17.5 Å². The summed E-state index contributed by atoms with van der Waals surface area (Å²) in [6.07, 6.45) is 4.61. The van der Waals surface area contributed by atoms with E-state index >= 15 is 0 Å². The number of carbonyl (C=O) groups excluding carboxylic acids is 4. The van der Waals surface area contributed by atoms with Crippen LogP contribution in [0.5, 0.6) is 5.75 Å². The lowest BCUT2D eigenvalue weighted by molar-refractivity contribution is -0.164. The minimum atomic E-state index is -0.954. The number of nitrogens with zero attached hydrogens (tertiary/aromatic N) is 5. The topological polar surface area (TPSA) is 213 Å². The van der Waals surface area contributed by atoms with Crippen molar-refractivity contribution in [2.45, 2.75) is 111 Å². The number of aliphatic hydroxyl groups excluding tert-OH is 1. The first-order chi connectivity index (χ1) is 31.3. The standard InChI is InChI=1S/C49H62ClN9O7/c1-47(2,3)41(44(64)58-29-36(60)25-39(58)43(63)53-28-31-11-18-35(19-12-31)59-54-22-23-55-59)56-40(61)30-65-24-10-8-9-21-52-34-16-13-32(14-17-34)42(62)57-45-48(4,5)46(49(45,6)7)66-37-20-15-33(27-51)38(50)26-37/h11-20,22-23,26,36,39,41,45-46,52,60H,8-10,21,24-25,28-30H2,1-7H3,(H,53,63)(H,56,61)(H,57,62)/t36-,39+,41-,45?,46?/m1/s1. The second kappa shape index (κ2) is 21.1. The smallest absolute Gasteiger partial charge is 0.251 e. The van der Waals surface area contributed by atoms with Gasteiger partial charge in [-0.05, 0) is 78.8 Å². The number of likely N-dealkylation sites (tertiary alicyclic amines) is 1. The molecule has 3 aromatic carbocycles. The van der Waals surface area contributed by atoms with Gasteiger partial charge in [-0.3, -0.25) is 19.2 Å². The second-order valence-corrected chi connectivity index (χ2v) is 19.8. The summed E-state index contributed by atoms with van der Waals surface area (Å²) >= 11 is 6.23. The number of aliphatic hydroxyl groups is 1. The minimum absolute atomic E-state index is 0.0192. The lowest BCUT2D eigenvalue weighted by Crippen LogP contribution is -2.74. The van der Waals surface area contributed by atoms with Crippen LogP contribution in [0.3, 0.4) is 0 Å². The Hall–Kier alpha value is -6.02. The average Bonchev–Trinajstić information content (AvgIpc) is 3.97. The molecule has 0 radical (unpaired) electrons. The molecule has 17 heteroatoms. The van der Waals surface area contributed by atoms with E-state index in [0.717, 1.165) is 36.2 Å². The van der Waals surface area contributed by atoms with E-state index in [-0.39, 0.29) is 60.9 Å². The van der Waals surface area contributed by atoms with E-state index in [0.29, 0.717) is 35.1 Å². The SMILES string of the molecule is CC1(C)C(NC(=O)c2ccc(NCCCCCOCC(=O)N[C@H](C(=O)N3C[C@H](O)C[C@H]3C(=O)NCc3ccc(-n4nccn4)cc3)C(C)(C)C)cc2)C(C)(C)C1Oc1ccc(C#N)c(Cl)c1. The van der Waals surface area contributed by atoms with Gasteiger partial charge in [0.05, 0.1) is 34.8 Å². The molecule has 0 spiro atoms. The van der Waals surface area contributed by atoms with Crippen molar-refractivity contribution >= 4 is 40.9 Å². The quantitative estimate of drug-likeness (QED) is 0.0708. The largest absolute Gasteiger partial charge is 0.489 e. The molecule has 0 bridgehead atoms. The van der Waals surface area contributed by atoms with Crippen molar-refractivity contribution in [3.63, 3.8) is 0 Å². The van der Waals surface area contributed by atoms with Crippen molar-refractivity contribution in [2.75, 3.05) is 31.6 Å². The van der Waals surface area contributed by atoms with E-state index in [2.05, 4.69) is 65.2 Å². The number of halogens is 1. The highest BCUT2D eigenvalue weighted by Crippen LogP contribution is 2.55. The Labute approximate surface area is 391 Å². The first kappa shape index (κ1) is 49.4. The normalized spacial score (nSPS) is 20.0. The van der Waals surface area contributed by atoms with Crippen molar-refractivity contribution in [2.24, 2.45) is 16.2 Å². The van der Waals surface area contributed by atoms with Gasteiger partial charge < -0.3 is 40.7 Å². The number of β-amino-alcohol motifs (C(OH)–C–C–N with tert-alkyl or cyclic N) is 1. The average molecular weight is 925 g/mol. The number of carbonyl (C=O) groups is 4. The molecule has 4 amide bonds. The minimum Gasteiger partial charge on any atom is -0.489 e. The summed E-state index contributed by atoms with van der Waals surface area (Å²) in [5, 5.41) is 40.6. The maximum Gasteiger partial charge on any atom is 0.251 e. The van der Waals surface area contributed by atoms with Crippen molar-refractivity contribution in [3.05, 3.63) is 101 Å². The predicted molar refractivity (Wildman–Crippen MR) is 250 cm³/mol. The summed E-state index contributed by atoms with van der Waals surface area (Å²) < 4.78 is 12.0. The van der Waals surface area contributed by atoms with Crippen LogP contribution in [0.2, 0.25) is 5.02 Å². The van der Waals surface area contributed by atoms with Crippen molar-refractivity contribution in [1.82, 2.24) is 35.8 Å². The first-order valence-corrected chi connectivity index (χ1v) is 22.8. The molecule has 1 saturated carbocycles. The van der Waals surface area contributed by atoms with Gasteiger partial charge in [0, 0.05) is 66.9 Å². The fourth-order valence-electron chi connectivity index (χ4n) is 9.18. The fraction of sp³-hybridized carbons (Fsp3) is 0.490. The van der Waals surface area contributed by atoms with E-state index in [9.17, 15) is 29.5 Å². The number of aromatic nitrogens is 3. The first-order valence-electron chi connectivity index (χ1n) is 22.4. The fourth-order valence-corrected chi connectivity index (χ4v) is 9.39. The second-order valence-electron chi connectivity index (χ2n) is 19.4. The molecule has 16 nitrogen and oxygen atoms in total. The van der Waals surface area contributed by atoms with Gasteiger partial charge in [-0.1, -0.05) is 72.2 Å². The number of hydrogen-bond donors (Lipinski definition) is 5. The summed E-state index contributed by atoms with van der Waals surface area (Å²) in [7, 11) is 0. The molecule has 0 unspecified atom stereocenters. The van der Waals surface area contributed by atoms with Crippen LogP contribution in [-0.2, 0) is 25.7 Å². The van der Waals surface area contributed by atoms with Gasteiger partial charge in [0.25, 0.3) is 5.91 Å². The molecule has 1 aliphatic carbocycles. The summed E-state index contributed by atoms with van der Waals surface area (Å²) in [6.45, 7) is 14.8. The van der Waals surface area contributed by atoms with Crippen LogP contribution in [0.4, 0.5) is 5.69 Å². The number of benzene rings is 3. The lowest BCUT2D eigenvalue weighted by atomic mass is 9.49. The number of rotatable bonds is 19. The molecule has 352 valence electrons. The number of anilines is 1. The van der Waals surface area contributed by atoms with E-state index in [1.54, 1.807) is 42.7 Å². The van der Waals surface area contributed by atoms with Crippen LogP contribution in [-0.4, -0.2) is 105 Å². The van der Waals surface area contributed by atoms with Crippen LogP contribution in [0.25, 0.3) is 5.69 Å². The molecule has 3 atom stereocenters. The van der Waals surface area contributed by atoms with E-state index in [4.69, 9.17) is 21.1 Å². The summed E-state index contributed by atoms with van der Waals surface area (Å²) in [4.78, 5) is 56.6. The zero-order valence-corrected chi connectivity index (χ0v) is 39.5. The van der Waals surface area contributed by atoms with Crippen molar-refractivity contribution < 1.29 is 33.8 Å². The number of hydrogen-bond acceptors (Lipinski definition) is 11. The third kappa shape index (κ3) is 11.9. The molecule has 1 aromatic heterocycles. The Bertz CT molecular complexity index is 2340. The molecule has 1 saturated heterocycles. The highest BCUT2D eigenvalue weighted by molar-refractivity contribution is 6.31. The Morgan fingerprint density at radius 3 is 2.27 bits per heavy atom. The zero-order chi connectivity index (χ0) is 47.8. The van der Waals surface area contributed by atoms with Gasteiger partial charge in [-0.15, -0.1) is 0 Å². The molecule has 2 heterocycles. The van der Waals surface area contributed by atoms with Crippen molar-refractivity contribution in [1.29, 1.82) is 5.26 Å². The molecule has 2 fully saturated rings. The monoisotopic (exact) mass is 923 g/mol. The van der Waals surface area contributed by atoms with Crippen LogP contribution in [0.15, 0.2) is 79.1 Å². The van der Waals surface area contributed by atoms with Crippen LogP contribution >= 0.6 is 11.6 Å². The maximum atomic E-state index is 13.9. The Balaban J connectivity index is 0.875. The molecule has 6 rings (SSSR count). The molecule has 2 aliphatic rings. The molecule has 4 aromatic rings.